The first-order chi connectivity index (χ1) is 6.46. The largest absolute Gasteiger partial charge is 0.395 e. The van der Waals surface area contributed by atoms with Crippen molar-refractivity contribution in [3.63, 3.8) is 0 Å². The Hall–Kier alpha value is -0.900. The Balaban J connectivity index is 0.000000791. The molecule has 0 radical (unpaired) electrons. The molecule has 0 bridgehead atoms. The van der Waals surface area contributed by atoms with E-state index >= 15 is 0 Å². The SMILES string of the molecule is CC.Cc1c(F)c(F)c(F)c(N)c1Cl. The summed E-state index contributed by atoms with van der Waals surface area (Å²) in [5.41, 5.74) is 4.29. The van der Waals surface area contributed by atoms with Crippen LogP contribution in [0.15, 0.2) is 0 Å². The third-order valence-electron chi connectivity index (χ3n) is 1.52. The second-order valence-electron chi connectivity index (χ2n) is 2.29. The molecule has 0 atom stereocenters. The highest BCUT2D eigenvalue weighted by atomic mass is 35.5. The number of hydrogen-bond donors (Lipinski definition) is 1. The fourth-order valence-corrected chi connectivity index (χ4v) is 0.940. The number of anilines is 1. The minimum absolute atomic E-state index is 0.187. The van der Waals surface area contributed by atoms with Crippen molar-refractivity contribution in [3.8, 4) is 0 Å². The van der Waals surface area contributed by atoms with Crippen LogP contribution in [0, 0.1) is 24.4 Å². The standard InChI is InChI=1S/C7H5ClF3N.C2H6/c1-2-3(8)7(12)6(11)5(10)4(2)9;1-2/h12H2,1H3;1-2H3. The average molecular weight is 226 g/mol. The van der Waals surface area contributed by atoms with E-state index in [-0.39, 0.29) is 10.6 Å². The van der Waals surface area contributed by atoms with Gasteiger partial charge in [-0.15, -0.1) is 0 Å². The third kappa shape index (κ3) is 2.12. The summed E-state index contributed by atoms with van der Waals surface area (Å²) in [4.78, 5) is 0. The van der Waals surface area contributed by atoms with Gasteiger partial charge >= 0.3 is 0 Å². The van der Waals surface area contributed by atoms with Gasteiger partial charge in [-0.25, -0.2) is 13.2 Å². The lowest BCUT2D eigenvalue weighted by molar-refractivity contribution is 0.446. The van der Waals surface area contributed by atoms with Crippen LogP contribution >= 0.6 is 11.6 Å². The van der Waals surface area contributed by atoms with E-state index in [0.29, 0.717) is 0 Å². The summed E-state index contributed by atoms with van der Waals surface area (Å²) in [5.74, 6) is -4.33. The first kappa shape index (κ1) is 13.1. The van der Waals surface area contributed by atoms with E-state index in [2.05, 4.69) is 0 Å². The molecule has 0 heterocycles. The average Bonchev–Trinajstić information content (AvgIpc) is 2.24. The van der Waals surface area contributed by atoms with Gasteiger partial charge in [-0.1, -0.05) is 25.4 Å². The Morgan fingerprint density at radius 3 is 1.86 bits per heavy atom. The summed E-state index contributed by atoms with van der Waals surface area (Å²) in [7, 11) is 0. The Labute approximate surface area is 85.7 Å². The molecule has 0 unspecified atom stereocenters. The van der Waals surface area contributed by atoms with Gasteiger partial charge in [0.05, 0.1) is 10.7 Å². The Bertz CT molecular complexity index is 234. The Morgan fingerprint density at radius 1 is 1.00 bits per heavy atom. The molecule has 0 amide bonds. The van der Waals surface area contributed by atoms with Crippen molar-refractivity contribution in [2.75, 3.05) is 5.73 Å². The maximum absolute atomic E-state index is 12.7. The quantitative estimate of drug-likeness (QED) is 0.407. The highest BCUT2D eigenvalue weighted by Gasteiger charge is 2.19. The molecule has 0 aromatic heterocycles. The zero-order valence-corrected chi connectivity index (χ0v) is 8.85. The molecule has 2 N–H and O–H groups in total. The highest BCUT2D eigenvalue weighted by molar-refractivity contribution is 6.33. The van der Waals surface area contributed by atoms with Gasteiger partial charge in [0.1, 0.15) is 0 Å². The lowest BCUT2D eigenvalue weighted by Crippen LogP contribution is -2.02. The predicted molar refractivity (Wildman–Crippen MR) is 51.8 cm³/mol. The molecule has 14 heavy (non-hydrogen) atoms. The summed E-state index contributed by atoms with van der Waals surface area (Å²) >= 11 is 5.39. The van der Waals surface area contributed by atoms with Crippen LogP contribution in [0.5, 0.6) is 0 Å². The van der Waals surface area contributed by atoms with Gasteiger partial charge in [-0.3, -0.25) is 0 Å². The van der Waals surface area contributed by atoms with Gasteiger partial charge in [0.2, 0.25) is 0 Å². The van der Waals surface area contributed by atoms with E-state index in [1.165, 1.54) is 6.92 Å². The molecule has 1 aromatic carbocycles. The molecule has 80 valence electrons. The van der Waals surface area contributed by atoms with Gasteiger partial charge in [0.15, 0.2) is 17.5 Å². The van der Waals surface area contributed by atoms with Gasteiger partial charge in [0, 0.05) is 5.56 Å². The molecular formula is C9H11ClF3N. The first-order valence-corrected chi connectivity index (χ1v) is 4.42. The summed E-state index contributed by atoms with van der Waals surface area (Å²) < 4.78 is 37.8. The first-order valence-electron chi connectivity index (χ1n) is 4.04. The molecule has 0 aliphatic carbocycles. The minimum atomic E-state index is -1.59. The van der Waals surface area contributed by atoms with Crippen molar-refractivity contribution in [2.45, 2.75) is 20.8 Å². The van der Waals surface area contributed by atoms with Crippen LogP contribution < -0.4 is 5.73 Å². The molecule has 5 heteroatoms. The molecule has 0 saturated heterocycles. The fourth-order valence-electron chi connectivity index (χ4n) is 0.774. The van der Waals surface area contributed by atoms with Crippen molar-refractivity contribution in [1.29, 1.82) is 0 Å². The predicted octanol–water partition coefficient (Wildman–Crippen LogP) is 3.67. The minimum Gasteiger partial charge on any atom is -0.395 e. The zero-order chi connectivity index (χ0) is 11.5. The van der Waals surface area contributed by atoms with Crippen LogP contribution in [0.4, 0.5) is 18.9 Å². The van der Waals surface area contributed by atoms with Crippen LogP contribution in [-0.4, -0.2) is 0 Å². The highest BCUT2D eigenvalue weighted by Crippen LogP contribution is 2.30. The van der Waals surface area contributed by atoms with Crippen LogP contribution in [0.1, 0.15) is 19.4 Å². The molecule has 0 fully saturated rings. The maximum atomic E-state index is 12.7. The fraction of sp³-hybridized carbons (Fsp3) is 0.333. The van der Waals surface area contributed by atoms with Crippen LogP contribution in [-0.2, 0) is 0 Å². The summed E-state index contributed by atoms with van der Waals surface area (Å²) in [6.07, 6.45) is 0. The Morgan fingerprint density at radius 2 is 1.43 bits per heavy atom. The van der Waals surface area contributed by atoms with Crippen molar-refractivity contribution < 1.29 is 13.2 Å². The van der Waals surface area contributed by atoms with E-state index in [1.54, 1.807) is 0 Å². The molecular weight excluding hydrogens is 215 g/mol. The van der Waals surface area contributed by atoms with Crippen molar-refractivity contribution >= 4 is 17.3 Å². The lowest BCUT2D eigenvalue weighted by Gasteiger charge is -2.05. The lowest BCUT2D eigenvalue weighted by atomic mass is 10.2. The summed E-state index contributed by atoms with van der Waals surface area (Å²) in [6, 6.07) is 0. The van der Waals surface area contributed by atoms with Crippen molar-refractivity contribution in [2.24, 2.45) is 0 Å². The summed E-state index contributed by atoms with van der Waals surface area (Å²) in [5, 5.41) is -0.286. The van der Waals surface area contributed by atoms with Gasteiger partial charge in [-0.2, -0.15) is 0 Å². The molecule has 0 aliphatic heterocycles. The number of hydrogen-bond acceptors (Lipinski definition) is 1. The van der Waals surface area contributed by atoms with Crippen molar-refractivity contribution in [3.05, 3.63) is 28.0 Å². The molecule has 0 aliphatic rings. The monoisotopic (exact) mass is 225 g/mol. The molecule has 1 rings (SSSR count). The number of rotatable bonds is 0. The van der Waals surface area contributed by atoms with E-state index in [1.807, 2.05) is 13.8 Å². The zero-order valence-electron chi connectivity index (χ0n) is 8.09. The molecule has 1 nitrogen and oxygen atoms in total. The number of nitrogens with two attached hydrogens (primary N) is 1. The van der Waals surface area contributed by atoms with Gasteiger partial charge in [-0.05, 0) is 6.92 Å². The number of nitrogen functional groups attached to an aromatic ring is 1. The van der Waals surface area contributed by atoms with Crippen LogP contribution in [0.2, 0.25) is 5.02 Å². The molecule has 1 aromatic rings. The molecule has 0 spiro atoms. The third-order valence-corrected chi connectivity index (χ3v) is 2.00. The van der Waals surface area contributed by atoms with Crippen molar-refractivity contribution in [1.82, 2.24) is 0 Å². The van der Waals surface area contributed by atoms with E-state index in [0.717, 1.165) is 0 Å². The van der Waals surface area contributed by atoms with E-state index in [4.69, 9.17) is 17.3 Å². The smallest absolute Gasteiger partial charge is 0.196 e. The summed E-state index contributed by atoms with van der Waals surface area (Å²) in [6.45, 7) is 5.22. The normalized spacial score (nSPS) is 9.36. The van der Waals surface area contributed by atoms with E-state index < -0.39 is 23.1 Å². The van der Waals surface area contributed by atoms with Gasteiger partial charge < -0.3 is 5.73 Å². The topological polar surface area (TPSA) is 26.0 Å². The number of halogens is 4. The van der Waals surface area contributed by atoms with Crippen LogP contribution in [0.3, 0.4) is 0 Å². The van der Waals surface area contributed by atoms with E-state index in [9.17, 15) is 13.2 Å². The van der Waals surface area contributed by atoms with Crippen LogP contribution in [0.25, 0.3) is 0 Å². The maximum Gasteiger partial charge on any atom is 0.196 e. The second-order valence-corrected chi connectivity index (χ2v) is 2.67. The molecule has 0 saturated carbocycles. The Kier molecular flexibility index (Phi) is 4.77. The van der Waals surface area contributed by atoms with Gasteiger partial charge in [0.25, 0.3) is 0 Å². The number of benzene rings is 1. The second kappa shape index (κ2) is 5.10.